The number of aliphatic imine (C=N–C) groups is 1. The van der Waals surface area contributed by atoms with Gasteiger partial charge in [-0.2, -0.15) is 4.99 Å². The monoisotopic (exact) mass is 456 g/mol. The topological polar surface area (TPSA) is 159 Å². The summed E-state index contributed by atoms with van der Waals surface area (Å²) in [5.74, 6) is -2.60. The normalized spacial score (nSPS) is 15.5. The van der Waals surface area contributed by atoms with Crippen molar-refractivity contribution >= 4 is 29.7 Å². The van der Waals surface area contributed by atoms with Crippen LogP contribution in [0.25, 0.3) is 0 Å². The van der Waals surface area contributed by atoms with Crippen molar-refractivity contribution in [2.75, 3.05) is 6.61 Å². The second-order valence-electron chi connectivity index (χ2n) is 7.24. The third kappa shape index (κ3) is 8.54. The molecule has 174 valence electrons. The van der Waals surface area contributed by atoms with Crippen LogP contribution in [0.4, 0.5) is 0 Å². The number of carboxylic acids is 2. The predicted molar refractivity (Wildman–Crippen MR) is 116 cm³/mol. The number of isocyanates is 1. The number of Topliss-reactive ketones (excluding diaryl/α,β-unsaturated/α-hetero) is 1. The second kappa shape index (κ2) is 12.7. The molecular weight excluding hydrogens is 432 g/mol. The highest BCUT2D eigenvalue weighted by atomic mass is 16.5. The Morgan fingerprint density at radius 3 is 2.45 bits per heavy atom. The minimum Gasteiger partial charge on any atom is -0.494 e. The number of nitrogens with one attached hydrogen (secondary N) is 1. The van der Waals surface area contributed by atoms with Gasteiger partial charge in [-0.25, -0.2) is 9.59 Å². The van der Waals surface area contributed by atoms with E-state index in [4.69, 9.17) is 14.9 Å². The number of ether oxygens (including phenoxy) is 1. The fourth-order valence-corrected chi connectivity index (χ4v) is 3.02. The first-order valence-electron chi connectivity index (χ1n) is 10.3. The highest BCUT2D eigenvalue weighted by Gasteiger charge is 2.20. The minimum atomic E-state index is -1.29. The first-order chi connectivity index (χ1) is 15.8. The number of hydrogen-bond acceptors (Lipinski definition) is 7. The van der Waals surface area contributed by atoms with E-state index in [9.17, 15) is 24.0 Å². The zero-order valence-corrected chi connectivity index (χ0v) is 17.7. The quantitative estimate of drug-likeness (QED) is 0.176. The van der Waals surface area contributed by atoms with E-state index in [-0.39, 0.29) is 37.7 Å². The third-order valence-corrected chi connectivity index (χ3v) is 4.77. The lowest BCUT2D eigenvalue weighted by Gasteiger charge is -2.13. The Bertz CT molecular complexity index is 990. The van der Waals surface area contributed by atoms with Crippen molar-refractivity contribution < 1.29 is 38.9 Å². The molecule has 0 fully saturated rings. The molecule has 1 amide bonds. The SMILES string of the molecule is O=C=NC1C=CC(C(=O)c2ccc(OCCCC(=O)NC(CCC(=O)O)C(=O)O)cc2)=CC1. The Hall–Kier alpha value is -4.04. The van der Waals surface area contributed by atoms with Crippen molar-refractivity contribution in [1.82, 2.24) is 5.32 Å². The van der Waals surface area contributed by atoms with E-state index in [1.54, 1.807) is 42.5 Å². The average molecular weight is 456 g/mol. The molecule has 1 aliphatic rings. The van der Waals surface area contributed by atoms with Crippen molar-refractivity contribution in [2.45, 2.75) is 44.2 Å². The first kappa shape index (κ1) is 25.2. The van der Waals surface area contributed by atoms with E-state index in [1.807, 2.05) is 0 Å². The van der Waals surface area contributed by atoms with Gasteiger partial charge in [-0.05, 0) is 43.5 Å². The molecule has 0 bridgehead atoms. The number of allylic oxidation sites excluding steroid dienone is 2. The molecule has 0 aromatic heterocycles. The summed E-state index contributed by atoms with van der Waals surface area (Å²) in [5, 5.41) is 20.0. The molecule has 10 nitrogen and oxygen atoms in total. The molecule has 0 spiro atoms. The third-order valence-electron chi connectivity index (χ3n) is 4.77. The number of ketones is 1. The number of carbonyl (C=O) groups excluding carboxylic acids is 3. The second-order valence-corrected chi connectivity index (χ2v) is 7.24. The number of amides is 1. The number of hydrogen-bond donors (Lipinski definition) is 3. The van der Waals surface area contributed by atoms with E-state index in [0.717, 1.165) is 0 Å². The van der Waals surface area contributed by atoms with Gasteiger partial charge in [-0.1, -0.05) is 18.2 Å². The summed E-state index contributed by atoms with van der Waals surface area (Å²) in [6.45, 7) is 0.195. The molecule has 2 rings (SSSR count). The van der Waals surface area contributed by atoms with Gasteiger partial charge < -0.3 is 20.3 Å². The maximum Gasteiger partial charge on any atom is 0.326 e. The fourth-order valence-electron chi connectivity index (χ4n) is 3.02. The van der Waals surface area contributed by atoms with Gasteiger partial charge in [-0.3, -0.25) is 14.4 Å². The van der Waals surface area contributed by atoms with Gasteiger partial charge in [0.05, 0.1) is 12.6 Å². The average Bonchev–Trinajstić information content (AvgIpc) is 2.80. The Balaban J connectivity index is 1.76. The molecule has 1 aliphatic carbocycles. The lowest BCUT2D eigenvalue weighted by atomic mass is 9.96. The van der Waals surface area contributed by atoms with E-state index in [0.29, 0.717) is 29.7 Å². The lowest BCUT2D eigenvalue weighted by molar-refractivity contribution is -0.143. The highest BCUT2D eigenvalue weighted by molar-refractivity contribution is 6.10. The molecule has 0 saturated heterocycles. The highest BCUT2D eigenvalue weighted by Crippen LogP contribution is 2.20. The molecule has 1 aromatic rings. The molecular formula is C23H24N2O8. The largest absolute Gasteiger partial charge is 0.494 e. The van der Waals surface area contributed by atoms with Gasteiger partial charge in [0.2, 0.25) is 12.0 Å². The number of rotatable bonds is 13. The zero-order valence-electron chi connectivity index (χ0n) is 17.7. The Morgan fingerprint density at radius 1 is 1.15 bits per heavy atom. The fraction of sp³-hybridized carbons (Fsp3) is 0.348. The van der Waals surface area contributed by atoms with Crippen molar-refractivity contribution in [3.63, 3.8) is 0 Å². The van der Waals surface area contributed by atoms with E-state index < -0.39 is 23.9 Å². The molecule has 3 N–H and O–H groups in total. The summed E-state index contributed by atoms with van der Waals surface area (Å²) in [6, 6.07) is 4.95. The molecule has 10 heteroatoms. The number of carbonyl (C=O) groups is 4. The molecule has 0 heterocycles. The molecule has 0 saturated carbocycles. The van der Waals surface area contributed by atoms with Gasteiger partial charge in [0.1, 0.15) is 11.8 Å². The summed E-state index contributed by atoms with van der Waals surface area (Å²) >= 11 is 0. The number of aliphatic carboxylic acids is 2. The van der Waals surface area contributed by atoms with Crippen LogP contribution in [-0.4, -0.2) is 58.6 Å². The van der Waals surface area contributed by atoms with Gasteiger partial charge >= 0.3 is 11.9 Å². The summed E-state index contributed by atoms with van der Waals surface area (Å²) in [6.07, 6.45) is 6.76. The maximum absolute atomic E-state index is 12.5. The van der Waals surface area contributed by atoms with Gasteiger partial charge in [-0.15, -0.1) is 0 Å². The summed E-state index contributed by atoms with van der Waals surface area (Å²) in [7, 11) is 0. The number of benzene rings is 1. The van der Waals surface area contributed by atoms with E-state index in [1.165, 1.54) is 6.08 Å². The molecule has 33 heavy (non-hydrogen) atoms. The predicted octanol–water partition coefficient (Wildman–Crippen LogP) is 2.05. The molecule has 0 aliphatic heterocycles. The molecule has 1 aromatic carbocycles. The smallest absolute Gasteiger partial charge is 0.326 e. The summed E-state index contributed by atoms with van der Waals surface area (Å²) in [4.78, 5) is 60.0. The Kier molecular flexibility index (Phi) is 9.73. The van der Waals surface area contributed by atoms with Crippen LogP contribution >= 0.6 is 0 Å². The first-order valence-corrected chi connectivity index (χ1v) is 10.3. The Morgan fingerprint density at radius 2 is 1.88 bits per heavy atom. The van der Waals surface area contributed by atoms with E-state index >= 15 is 0 Å². The van der Waals surface area contributed by atoms with Crippen molar-refractivity contribution in [2.24, 2.45) is 4.99 Å². The minimum absolute atomic E-state index is 0.0169. The standard InChI is InChI=1S/C23H24N2O8/c26-14-24-17-7-3-15(4-8-17)22(30)16-5-9-18(10-6-16)33-13-1-2-20(27)25-19(23(31)32)11-12-21(28)29/h3-7,9-10,17,19H,1-2,8,11-13H2,(H,25,27)(H,28,29)(H,31,32). The van der Waals surface area contributed by atoms with Crippen molar-refractivity contribution in [3.8, 4) is 5.75 Å². The molecule has 2 atom stereocenters. The molecule has 2 unspecified atom stereocenters. The van der Waals surface area contributed by atoms with Crippen LogP contribution in [0.5, 0.6) is 5.75 Å². The van der Waals surface area contributed by atoms with Crippen LogP contribution in [0.1, 0.15) is 42.5 Å². The molecule has 0 radical (unpaired) electrons. The van der Waals surface area contributed by atoms with Crippen LogP contribution in [0.15, 0.2) is 53.1 Å². The van der Waals surface area contributed by atoms with Crippen LogP contribution in [0.2, 0.25) is 0 Å². The van der Waals surface area contributed by atoms with Crippen LogP contribution < -0.4 is 10.1 Å². The lowest BCUT2D eigenvalue weighted by Crippen LogP contribution is -2.41. The summed E-state index contributed by atoms with van der Waals surface area (Å²) in [5.41, 5.74) is 0.978. The zero-order chi connectivity index (χ0) is 24.2. The van der Waals surface area contributed by atoms with Crippen LogP contribution in [-0.2, 0) is 19.2 Å². The Labute approximate surface area is 189 Å². The van der Waals surface area contributed by atoms with Crippen LogP contribution in [0, 0.1) is 0 Å². The van der Waals surface area contributed by atoms with Gasteiger partial charge in [0.15, 0.2) is 5.78 Å². The van der Waals surface area contributed by atoms with Crippen molar-refractivity contribution in [3.05, 3.63) is 53.6 Å². The van der Waals surface area contributed by atoms with Gasteiger partial charge in [0, 0.05) is 24.0 Å². The number of carboxylic acid groups (broad SMARTS) is 2. The van der Waals surface area contributed by atoms with Crippen LogP contribution in [0.3, 0.4) is 0 Å². The van der Waals surface area contributed by atoms with E-state index in [2.05, 4.69) is 10.3 Å². The van der Waals surface area contributed by atoms with Crippen molar-refractivity contribution in [1.29, 1.82) is 0 Å². The number of nitrogens with zero attached hydrogens (tertiary/aromatic N) is 1. The summed E-state index contributed by atoms with van der Waals surface area (Å²) < 4.78 is 5.55. The maximum atomic E-state index is 12.5. The van der Waals surface area contributed by atoms with Gasteiger partial charge in [0.25, 0.3) is 0 Å².